The Bertz CT molecular complexity index is 977. The molecular formula is C19H22N4OS. The molecule has 0 aliphatic carbocycles. The summed E-state index contributed by atoms with van der Waals surface area (Å²) >= 11 is 1.53. The average Bonchev–Trinajstić information content (AvgIpc) is 3.17. The van der Waals surface area contributed by atoms with Gasteiger partial charge in [0.15, 0.2) is 10.5 Å². The fourth-order valence-electron chi connectivity index (χ4n) is 2.72. The number of aromatic nitrogens is 3. The molecule has 0 radical (unpaired) electrons. The summed E-state index contributed by atoms with van der Waals surface area (Å²) in [6.07, 6.45) is 7.00. The molecular weight excluding hydrogens is 332 g/mol. The van der Waals surface area contributed by atoms with E-state index < -0.39 is 0 Å². The van der Waals surface area contributed by atoms with Gasteiger partial charge >= 0.3 is 0 Å². The molecule has 5 nitrogen and oxygen atoms in total. The Morgan fingerprint density at radius 1 is 1.40 bits per heavy atom. The summed E-state index contributed by atoms with van der Waals surface area (Å²) in [5.41, 5.74) is 2.76. The van der Waals surface area contributed by atoms with Crippen LogP contribution in [-0.2, 0) is 20.0 Å². The molecule has 1 aromatic carbocycles. The Balaban J connectivity index is 2.06. The number of carbonyl (C=O) groups is 1. The normalized spacial score (nSPS) is 12.0. The summed E-state index contributed by atoms with van der Waals surface area (Å²) < 4.78 is 4.77. The predicted octanol–water partition coefficient (Wildman–Crippen LogP) is 3.71. The van der Waals surface area contributed by atoms with E-state index in [4.69, 9.17) is 0 Å². The molecule has 0 unspecified atom stereocenters. The van der Waals surface area contributed by atoms with Crippen LogP contribution in [0.15, 0.2) is 48.1 Å². The fourth-order valence-corrected chi connectivity index (χ4v) is 3.82. The van der Waals surface area contributed by atoms with Gasteiger partial charge in [-0.25, -0.2) is 0 Å². The molecule has 0 bridgehead atoms. The molecule has 0 aliphatic rings. The molecule has 2 aromatic heterocycles. The molecule has 0 spiro atoms. The number of benzene rings is 1. The molecule has 0 saturated heterocycles. The van der Waals surface area contributed by atoms with E-state index in [2.05, 4.69) is 41.8 Å². The van der Waals surface area contributed by atoms with Crippen molar-refractivity contribution < 1.29 is 4.79 Å². The smallest absolute Gasteiger partial charge is 0.300 e. The minimum Gasteiger partial charge on any atom is -0.312 e. The molecule has 0 N–H and O–H groups in total. The Labute approximate surface area is 150 Å². The number of carbonyl (C=O) groups excluding carboxylic acids is 1. The van der Waals surface area contributed by atoms with Gasteiger partial charge in [-0.3, -0.25) is 9.48 Å². The number of amides is 1. The number of unbranched alkanes of at least 4 members (excludes halogenated alkanes) is 1. The van der Waals surface area contributed by atoms with E-state index in [1.54, 1.807) is 24.0 Å². The lowest BCUT2D eigenvalue weighted by Crippen LogP contribution is -2.16. The molecule has 3 aromatic rings. The van der Waals surface area contributed by atoms with Crippen LogP contribution in [0.1, 0.15) is 35.8 Å². The highest BCUT2D eigenvalue weighted by Gasteiger charge is 2.11. The largest absolute Gasteiger partial charge is 0.312 e. The van der Waals surface area contributed by atoms with E-state index >= 15 is 0 Å². The number of hydrogen-bond donors (Lipinski definition) is 0. The Morgan fingerprint density at radius 2 is 2.24 bits per heavy atom. The molecule has 25 heavy (non-hydrogen) atoms. The van der Waals surface area contributed by atoms with E-state index in [1.807, 2.05) is 10.6 Å². The zero-order valence-electron chi connectivity index (χ0n) is 14.6. The van der Waals surface area contributed by atoms with Gasteiger partial charge in [0.1, 0.15) is 0 Å². The van der Waals surface area contributed by atoms with E-state index in [-0.39, 0.29) is 5.91 Å². The fraction of sp³-hybridized carbons (Fsp3) is 0.316. The first-order valence-electron chi connectivity index (χ1n) is 8.44. The maximum atomic E-state index is 12.4. The average molecular weight is 354 g/mol. The highest BCUT2D eigenvalue weighted by molar-refractivity contribution is 7.16. The van der Waals surface area contributed by atoms with Crippen molar-refractivity contribution in [3.63, 3.8) is 0 Å². The summed E-state index contributed by atoms with van der Waals surface area (Å²) in [6, 6.07) is 8.17. The number of aryl methyl sites for hydroxylation is 2. The van der Waals surface area contributed by atoms with E-state index in [9.17, 15) is 4.79 Å². The molecule has 2 heterocycles. The van der Waals surface area contributed by atoms with Gasteiger partial charge in [-0.05, 0) is 36.6 Å². The van der Waals surface area contributed by atoms with Crippen LogP contribution in [0.2, 0.25) is 0 Å². The lowest BCUT2D eigenvalue weighted by atomic mass is 10.1. The summed E-state index contributed by atoms with van der Waals surface area (Å²) in [6.45, 7) is 6.63. The Morgan fingerprint density at radius 3 is 2.92 bits per heavy atom. The second kappa shape index (κ2) is 7.61. The number of hydrogen-bond acceptors (Lipinski definition) is 3. The molecule has 6 heteroatoms. The maximum absolute atomic E-state index is 12.4. The third-order valence-electron chi connectivity index (χ3n) is 4.01. The third kappa shape index (κ3) is 3.79. The van der Waals surface area contributed by atoms with E-state index in [1.165, 1.54) is 29.7 Å². The Kier molecular flexibility index (Phi) is 5.28. The highest BCUT2D eigenvalue weighted by Crippen LogP contribution is 2.20. The summed E-state index contributed by atoms with van der Waals surface area (Å²) in [5, 5.41) is 4.13. The van der Waals surface area contributed by atoms with E-state index in [0.717, 1.165) is 16.6 Å². The van der Waals surface area contributed by atoms with Crippen LogP contribution in [0.3, 0.4) is 0 Å². The standard InChI is InChI=1S/C19H22N4OS/c1-4-6-7-14-8-9-16-17(13-14)25-19(23(16)11-5-2)20-18(24)15-10-12-22(3)21-15/h5,8-10,12-13H,2,4,6-7,11H2,1,3H3. The van der Waals surface area contributed by atoms with Crippen molar-refractivity contribution in [1.82, 2.24) is 14.3 Å². The summed E-state index contributed by atoms with van der Waals surface area (Å²) in [7, 11) is 1.78. The van der Waals surface area contributed by atoms with Crippen LogP contribution < -0.4 is 4.80 Å². The summed E-state index contributed by atoms with van der Waals surface area (Å²) in [5.74, 6) is -0.323. The zero-order chi connectivity index (χ0) is 17.8. The van der Waals surface area contributed by atoms with Gasteiger partial charge in [-0.2, -0.15) is 10.1 Å². The van der Waals surface area contributed by atoms with Gasteiger partial charge in [0, 0.05) is 19.8 Å². The number of rotatable bonds is 6. The molecule has 0 aliphatic heterocycles. The molecule has 0 fully saturated rings. The minimum atomic E-state index is -0.323. The lowest BCUT2D eigenvalue weighted by Gasteiger charge is -2.03. The van der Waals surface area contributed by atoms with Crippen molar-refractivity contribution in [2.45, 2.75) is 32.7 Å². The van der Waals surface area contributed by atoms with Crippen LogP contribution >= 0.6 is 11.3 Å². The number of allylic oxidation sites excluding steroid dienone is 1. The van der Waals surface area contributed by atoms with Gasteiger partial charge in [-0.1, -0.05) is 36.8 Å². The van der Waals surface area contributed by atoms with Crippen molar-refractivity contribution in [2.24, 2.45) is 12.0 Å². The van der Waals surface area contributed by atoms with Crippen LogP contribution in [-0.4, -0.2) is 20.3 Å². The van der Waals surface area contributed by atoms with Crippen molar-refractivity contribution >= 4 is 27.5 Å². The van der Waals surface area contributed by atoms with Crippen molar-refractivity contribution in [3.8, 4) is 0 Å². The van der Waals surface area contributed by atoms with Crippen LogP contribution in [0.5, 0.6) is 0 Å². The molecule has 0 saturated carbocycles. The second-order valence-corrected chi connectivity index (χ2v) is 6.99. The monoisotopic (exact) mass is 354 g/mol. The molecule has 3 rings (SSSR count). The minimum absolute atomic E-state index is 0.323. The number of thiazole rings is 1. The molecule has 0 atom stereocenters. The van der Waals surface area contributed by atoms with Crippen molar-refractivity contribution in [3.05, 3.63) is 59.2 Å². The van der Waals surface area contributed by atoms with E-state index in [0.29, 0.717) is 17.0 Å². The van der Waals surface area contributed by atoms with Crippen molar-refractivity contribution in [1.29, 1.82) is 0 Å². The van der Waals surface area contributed by atoms with Gasteiger partial charge in [0.2, 0.25) is 0 Å². The van der Waals surface area contributed by atoms with Crippen LogP contribution in [0.4, 0.5) is 0 Å². The lowest BCUT2D eigenvalue weighted by molar-refractivity contribution is 0.0992. The number of nitrogens with zero attached hydrogens (tertiary/aromatic N) is 4. The molecule has 1 amide bonds. The third-order valence-corrected chi connectivity index (χ3v) is 5.05. The van der Waals surface area contributed by atoms with Crippen LogP contribution in [0.25, 0.3) is 10.2 Å². The van der Waals surface area contributed by atoms with Crippen LogP contribution in [0, 0.1) is 0 Å². The SMILES string of the molecule is C=CCn1c(=NC(=O)c2ccn(C)n2)sc2cc(CCCC)ccc21. The summed E-state index contributed by atoms with van der Waals surface area (Å²) in [4.78, 5) is 17.4. The Hall–Kier alpha value is -2.47. The van der Waals surface area contributed by atoms with Crippen molar-refractivity contribution in [2.75, 3.05) is 0 Å². The first-order chi connectivity index (χ1) is 12.1. The number of fused-ring (bicyclic) bond motifs is 1. The first kappa shape index (κ1) is 17.4. The topological polar surface area (TPSA) is 52.2 Å². The van der Waals surface area contributed by atoms with Gasteiger partial charge in [-0.15, -0.1) is 6.58 Å². The van der Waals surface area contributed by atoms with Gasteiger partial charge in [0.05, 0.1) is 10.2 Å². The zero-order valence-corrected chi connectivity index (χ0v) is 15.4. The van der Waals surface area contributed by atoms with Gasteiger partial charge < -0.3 is 4.57 Å². The quantitative estimate of drug-likeness (QED) is 0.634. The second-order valence-electron chi connectivity index (χ2n) is 5.98. The predicted molar refractivity (Wildman–Crippen MR) is 102 cm³/mol. The highest BCUT2D eigenvalue weighted by atomic mass is 32.1. The first-order valence-corrected chi connectivity index (χ1v) is 9.26. The van der Waals surface area contributed by atoms with Gasteiger partial charge in [0.25, 0.3) is 5.91 Å². The molecule has 130 valence electrons. The maximum Gasteiger partial charge on any atom is 0.300 e.